The summed E-state index contributed by atoms with van der Waals surface area (Å²) in [6.45, 7) is -0.0526. The summed E-state index contributed by atoms with van der Waals surface area (Å²) in [7, 11) is -3.65. The van der Waals surface area contributed by atoms with Crippen molar-refractivity contribution in [3.05, 3.63) is 82.5 Å². The summed E-state index contributed by atoms with van der Waals surface area (Å²) in [5.74, 6) is -0.354. The Morgan fingerprint density at radius 2 is 1.81 bits per heavy atom. The number of aromatic nitrogens is 1. The third kappa shape index (κ3) is 4.12. The van der Waals surface area contributed by atoms with Crippen LogP contribution >= 0.6 is 22.9 Å². The lowest BCUT2D eigenvalue weighted by molar-refractivity contribution is 0.0953. The Balaban J connectivity index is 1.89. The molecule has 1 aromatic carbocycles. The Morgan fingerprint density at radius 1 is 1.12 bits per heavy atom. The maximum atomic E-state index is 13.0. The van der Waals surface area contributed by atoms with Crippen molar-refractivity contribution >= 4 is 38.7 Å². The van der Waals surface area contributed by atoms with E-state index >= 15 is 0 Å². The average molecular weight is 407 g/mol. The minimum absolute atomic E-state index is 0.0526. The van der Waals surface area contributed by atoms with Gasteiger partial charge in [0.15, 0.2) is 9.84 Å². The van der Waals surface area contributed by atoms with E-state index in [1.165, 1.54) is 12.4 Å². The lowest BCUT2D eigenvalue weighted by Gasteiger charge is -2.18. The molecule has 2 aromatic heterocycles. The number of hydrogen-bond donors (Lipinski definition) is 1. The second-order valence-corrected chi connectivity index (χ2v) is 9.20. The van der Waals surface area contributed by atoms with Crippen molar-refractivity contribution in [2.24, 2.45) is 0 Å². The Hall–Kier alpha value is -2.22. The van der Waals surface area contributed by atoms with Gasteiger partial charge in [0.1, 0.15) is 9.46 Å². The average Bonchev–Trinajstić information content (AvgIpc) is 3.19. The Kier molecular flexibility index (Phi) is 5.70. The zero-order chi connectivity index (χ0) is 18.6. The molecular weight excluding hydrogens is 392 g/mol. The van der Waals surface area contributed by atoms with Crippen molar-refractivity contribution in [3.63, 3.8) is 0 Å². The smallest absolute Gasteiger partial charge is 0.251 e. The zero-order valence-electron chi connectivity index (χ0n) is 13.5. The van der Waals surface area contributed by atoms with Crippen molar-refractivity contribution in [2.45, 2.75) is 9.46 Å². The highest BCUT2D eigenvalue weighted by atomic mass is 35.5. The third-order valence-corrected chi connectivity index (χ3v) is 7.57. The van der Waals surface area contributed by atoms with Crippen LogP contribution in [0, 0.1) is 0 Å². The molecule has 26 heavy (non-hydrogen) atoms. The molecule has 0 spiro atoms. The molecule has 1 N–H and O–H groups in total. The number of amides is 1. The lowest BCUT2D eigenvalue weighted by Crippen LogP contribution is -2.31. The number of carbonyl (C=O) groups is 1. The molecule has 0 saturated heterocycles. The van der Waals surface area contributed by atoms with Crippen LogP contribution in [-0.4, -0.2) is 25.9 Å². The summed E-state index contributed by atoms with van der Waals surface area (Å²) >= 11 is 7.07. The molecule has 5 nitrogen and oxygen atoms in total. The van der Waals surface area contributed by atoms with E-state index in [1.807, 2.05) is 0 Å². The van der Waals surface area contributed by atoms with Gasteiger partial charge in [-0.15, -0.1) is 11.3 Å². The number of hydrogen-bond acceptors (Lipinski definition) is 5. The molecule has 0 aliphatic carbocycles. The lowest BCUT2D eigenvalue weighted by atomic mass is 10.1. The normalized spacial score (nSPS) is 12.5. The Bertz CT molecular complexity index is 973. The van der Waals surface area contributed by atoms with Gasteiger partial charge in [-0.25, -0.2) is 8.42 Å². The summed E-state index contributed by atoms with van der Waals surface area (Å²) < 4.78 is 26.3. The highest BCUT2D eigenvalue weighted by Gasteiger charge is 2.30. The molecule has 1 amide bonds. The Morgan fingerprint density at radius 3 is 2.42 bits per heavy atom. The van der Waals surface area contributed by atoms with Gasteiger partial charge in [0.2, 0.25) is 0 Å². The second-order valence-electron chi connectivity index (χ2n) is 5.46. The molecule has 0 aliphatic heterocycles. The minimum Gasteiger partial charge on any atom is -0.350 e. The van der Waals surface area contributed by atoms with Crippen LogP contribution in [0.2, 0.25) is 5.02 Å². The number of nitrogens with zero attached hydrogens (tertiary/aromatic N) is 1. The number of halogens is 1. The molecule has 134 valence electrons. The first-order valence-electron chi connectivity index (χ1n) is 7.69. The number of sulfone groups is 1. The van der Waals surface area contributed by atoms with Gasteiger partial charge in [-0.2, -0.15) is 0 Å². The molecule has 3 rings (SSSR count). The number of rotatable bonds is 6. The fourth-order valence-corrected chi connectivity index (χ4v) is 5.43. The predicted octanol–water partition coefficient (Wildman–Crippen LogP) is 3.74. The van der Waals surface area contributed by atoms with Crippen molar-refractivity contribution < 1.29 is 13.2 Å². The molecule has 0 fully saturated rings. The molecule has 1 atom stereocenters. The summed E-state index contributed by atoms with van der Waals surface area (Å²) in [6.07, 6.45) is 3.02. The maximum absolute atomic E-state index is 13.0. The second kappa shape index (κ2) is 7.99. The van der Waals surface area contributed by atoms with Crippen molar-refractivity contribution in [2.75, 3.05) is 6.54 Å². The van der Waals surface area contributed by atoms with E-state index in [1.54, 1.807) is 53.9 Å². The third-order valence-electron chi connectivity index (χ3n) is 3.78. The summed E-state index contributed by atoms with van der Waals surface area (Å²) in [5, 5.41) is 4.02. The minimum atomic E-state index is -3.65. The highest BCUT2D eigenvalue weighted by Crippen LogP contribution is 2.31. The molecule has 0 unspecified atom stereocenters. The van der Waals surface area contributed by atoms with Crippen molar-refractivity contribution in [3.8, 4) is 0 Å². The first kappa shape index (κ1) is 18.6. The summed E-state index contributed by atoms with van der Waals surface area (Å²) in [4.78, 5) is 16.2. The summed E-state index contributed by atoms with van der Waals surface area (Å²) in [6, 6.07) is 13.0. The van der Waals surface area contributed by atoms with Gasteiger partial charge in [-0.05, 0) is 41.3 Å². The van der Waals surface area contributed by atoms with Crippen LogP contribution < -0.4 is 5.32 Å². The zero-order valence-corrected chi connectivity index (χ0v) is 15.9. The topological polar surface area (TPSA) is 76.1 Å². The van der Waals surface area contributed by atoms with Gasteiger partial charge in [-0.3, -0.25) is 9.78 Å². The largest absolute Gasteiger partial charge is 0.350 e. The quantitative estimate of drug-likeness (QED) is 0.676. The van der Waals surface area contributed by atoms with Crippen LogP contribution in [0.4, 0.5) is 0 Å². The molecular formula is C18H15ClN2O3S2. The number of nitrogens with one attached hydrogen (secondary N) is 1. The first-order valence-corrected chi connectivity index (χ1v) is 10.5. The predicted molar refractivity (Wildman–Crippen MR) is 102 cm³/mol. The fourth-order valence-electron chi connectivity index (χ4n) is 2.44. The number of benzene rings is 1. The Labute approximate surface area is 160 Å². The highest BCUT2D eigenvalue weighted by molar-refractivity contribution is 7.93. The van der Waals surface area contributed by atoms with Gasteiger partial charge in [0.05, 0.1) is 0 Å². The summed E-state index contributed by atoms with van der Waals surface area (Å²) in [5.41, 5.74) is 0.987. The van der Waals surface area contributed by atoms with E-state index < -0.39 is 15.1 Å². The van der Waals surface area contributed by atoms with E-state index in [4.69, 9.17) is 11.6 Å². The van der Waals surface area contributed by atoms with Crippen LogP contribution in [0.1, 0.15) is 21.2 Å². The van der Waals surface area contributed by atoms with E-state index in [0.29, 0.717) is 16.1 Å². The van der Waals surface area contributed by atoms with Crippen LogP contribution in [0.25, 0.3) is 0 Å². The molecule has 0 radical (unpaired) electrons. The van der Waals surface area contributed by atoms with E-state index in [0.717, 1.165) is 11.3 Å². The van der Waals surface area contributed by atoms with E-state index in [-0.39, 0.29) is 16.7 Å². The molecule has 2 heterocycles. The number of pyridine rings is 1. The molecule has 0 aliphatic rings. The van der Waals surface area contributed by atoms with E-state index in [2.05, 4.69) is 10.3 Å². The van der Waals surface area contributed by atoms with Gasteiger partial charge < -0.3 is 5.32 Å². The molecule has 8 heteroatoms. The van der Waals surface area contributed by atoms with Crippen molar-refractivity contribution in [1.82, 2.24) is 10.3 Å². The molecule has 0 bridgehead atoms. The number of carbonyl (C=O) groups excluding carboxylic acids is 1. The van der Waals surface area contributed by atoms with Gasteiger partial charge in [-0.1, -0.05) is 29.8 Å². The maximum Gasteiger partial charge on any atom is 0.251 e. The van der Waals surface area contributed by atoms with Gasteiger partial charge >= 0.3 is 0 Å². The molecule has 3 aromatic rings. The van der Waals surface area contributed by atoms with Crippen molar-refractivity contribution in [1.29, 1.82) is 0 Å². The van der Waals surface area contributed by atoms with Crippen LogP contribution in [0.5, 0.6) is 0 Å². The monoisotopic (exact) mass is 406 g/mol. The van der Waals surface area contributed by atoms with Crippen LogP contribution in [-0.2, 0) is 9.84 Å². The SMILES string of the molecule is O=C(NC[C@H](c1ccc(Cl)cc1)S(=O)(=O)c1cccs1)c1ccncc1. The van der Waals surface area contributed by atoms with Crippen LogP contribution in [0.15, 0.2) is 70.5 Å². The van der Waals surface area contributed by atoms with Gasteiger partial charge in [0.25, 0.3) is 5.91 Å². The standard InChI is InChI=1S/C18H15ClN2O3S2/c19-15-5-3-13(4-6-15)16(26(23,24)17-2-1-11-25-17)12-21-18(22)14-7-9-20-10-8-14/h1-11,16H,12H2,(H,21,22)/t16-/m1/s1. The molecule has 0 saturated carbocycles. The van der Waals surface area contributed by atoms with E-state index in [9.17, 15) is 13.2 Å². The van der Waals surface area contributed by atoms with Gasteiger partial charge in [0, 0.05) is 29.5 Å². The number of thiophene rings is 1. The van der Waals surface area contributed by atoms with Crippen LogP contribution in [0.3, 0.4) is 0 Å². The fraction of sp³-hybridized carbons (Fsp3) is 0.111. The first-order chi connectivity index (χ1) is 12.5.